The maximum absolute atomic E-state index is 13.3. The Morgan fingerprint density at radius 1 is 1.71 bits per heavy atom. The van der Waals surface area contributed by atoms with Gasteiger partial charge in [0, 0.05) is 12.6 Å². The third kappa shape index (κ3) is 2.18. The van der Waals surface area contributed by atoms with Gasteiger partial charge in [-0.15, -0.1) is 0 Å². The number of amides is 1. The van der Waals surface area contributed by atoms with Crippen LogP contribution in [0.15, 0.2) is 18.3 Å². The summed E-state index contributed by atoms with van der Waals surface area (Å²) in [5, 5.41) is 8.77. The molecule has 0 unspecified atom stereocenters. The average molecular weight is 234 g/mol. The number of nitrogens with zero attached hydrogens (tertiary/aromatic N) is 3. The number of nitrogens with two attached hydrogens (primary N) is 1. The van der Waals surface area contributed by atoms with E-state index in [9.17, 15) is 9.18 Å². The van der Waals surface area contributed by atoms with E-state index in [0.717, 1.165) is 0 Å². The predicted octanol–water partition coefficient (Wildman–Crippen LogP) is 0.355. The van der Waals surface area contributed by atoms with E-state index in [-0.39, 0.29) is 13.0 Å². The number of pyridine rings is 1. The molecule has 1 aromatic heterocycles. The maximum Gasteiger partial charge on any atom is 0.240 e. The van der Waals surface area contributed by atoms with Crippen LogP contribution in [0.25, 0.3) is 0 Å². The molecule has 0 aromatic carbocycles. The lowest BCUT2D eigenvalue weighted by Crippen LogP contribution is -2.40. The van der Waals surface area contributed by atoms with E-state index < -0.39 is 18.1 Å². The van der Waals surface area contributed by atoms with Crippen molar-refractivity contribution >= 4 is 11.7 Å². The number of alkyl halides is 1. The summed E-state index contributed by atoms with van der Waals surface area (Å²) in [7, 11) is 0. The van der Waals surface area contributed by atoms with E-state index in [2.05, 4.69) is 4.98 Å². The third-order valence-corrected chi connectivity index (χ3v) is 2.75. The standard InChI is InChI=1S/C11H11FN4O/c12-8-4-9(11(14)17)16(6-8)10-3-7(5-13)1-2-15-10/h1-3,8-9H,4,6H2,(H2,14,17)/t8-,9+/m1/s1. The lowest BCUT2D eigenvalue weighted by molar-refractivity contribution is -0.119. The Balaban J connectivity index is 2.32. The number of nitriles is 1. The van der Waals surface area contributed by atoms with Crippen LogP contribution in [0.1, 0.15) is 12.0 Å². The number of aromatic nitrogens is 1. The first-order valence-electron chi connectivity index (χ1n) is 5.18. The Kier molecular flexibility index (Phi) is 2.91. The van der Waals surface area contributed by atoms with Crippen molar-refractivity contribution in [3.8, 4) is 6.07 Å². The highest BCUT2D eigenvalue weighted by atomic mass is 19.1. The smallest absolute Gasteiger partial charge is 0.240 e. The van der Waals surface area contributed by atoms with Gasteiger partial charge in [0.05, 0.1) is 18.2 Å². The second kappa shape index (κ2) is 4.37. The number of hydrogen-bond donors (Lipinski definition) is 1. The molecule has 2 N–H and O–H groups in total. The third-order valence-electron chi connectivity index (χ3n) is 2.75. The molecule has 1 fully saturated rings. The molecule has 2 atom stereocenters. The average Bonchev–Trinajstić information content (AvgIpc) is 2.72. The van der Waals surface area contributed by atoms with E-state index in [1.807, 2.05) is 6.07 Å². The van der Waals surface area contributed by atoms with E-state index >= 15 is 0 Å². The second-order valence-corrected chi connectivity index (χ2v) is 3.92. The van der Waals surface area contributed by atoms with Crippen LogP contribution in [0.3, 0.4) is 0 Å². The van der Waals surface area contributed by atoms with Crippen LogP contribution in [0.5, 0.6) is 0 Å². The molecule has 6 heteroatoms. The van der Waals surface area contributed by atoms with Gasteiger partial charge in [-0.1, -0.05) is 0 Å². The highest BCUT2D eigenvalue weighted by Crippen LogP contribution is 2.25. The number of halogens is 1. The molecule has 5 nitrogen and oxygen atoms in total. The number of anilines is 1. The van der Waals surface area contributed by atoms with Gasteiger partial charge in [0.15, 0.2) is 0 Å². The Hall–Kier alpha value is -2.16. The van der Waals surface area contributed by atoms with E-state index in [1.54, 1.807) is 6.07 Å². The van der Waals surface area contributed by atoms with E-state index in [0.29, 0.717) is 11.4 Å². The summed E-state index contributed by atoms with van der Waals surface area (Å²) in [5.74, 6) is -0.165. The molecular weight excluding hydrogens is 223 g/mol. The SMILES string of the molecule is N#Cc1ccnc(N2C[C@H](F)C[C@H]2C(N)=O)c1. The number of hydrogen-bond acceptors (Lipinski definition) is 4. The van der Waals surface area contributed by atoms with Crippen molar-refractivity contribution in [1.29, 1.82) is 5.26 Å². The highest BCUT2D eigenvalue weighted by Gasteiger charge is 2.36. The van der Waals surface area contributed by atoms with Crippen molar-refractivity contribution in [2.75, 3.05) is 11.4 Å². The van der Waals surface area contributed by atoms with Gasteiger partial charge in [-0.3, -0.25) is 4.79 Å². The largest absolute Gasteiger partial charge is 0.368 e. The molecule has 88 valence electrons. The minimum absolute atomic E-state index is 0.0772. The first kappa shape index (κ1) is 11.3. The molecule has 0 bridgehead atoms. The fourth-order valence-electron chi connectivity index (χ4n) is 1.95. The van der Waals surface area contributed by atoms with Crippen molar-refractivity contribution in [2.45, 2.75) is 18.6 Å². The van der Waals surface area contributed by atoms with Crippen molar-refractivity contribution in [2.24, 2.45) is 5.73 Å². The molecule has 1 amide bonds. The minimum Gasteiger partial charge on any atom is -0.368 e. The zero-order valence-corrected chi connectivity index (χ0v) is 9.01. The summed E-state index contributed by atoms with van der Waals surface area (Å²) in [4.78, 5) is 16.8. The molecule has 1 aliphatic rings. The molecule has 1 saturated heterocycles. The van der Waals surface area contributed by atoms with Crippen LogP contribution in [0.4, 0.5) is 10.2 Å². The van der Waals surface area contributed by atoms with Gasteiger partial charge in [0.1, 0.15) is 18.0 Å². The topological polar surface area (TPSA) is 83.0 Å². The van der Waals surface area contributed by atoms with Crippen molar-refractivity contribution < 1.29 is 9.18 Å². The highest BCUT2D eigenvalue weighted by molar-refractivity contribution is 5.84. The summed E-state index contributed by atoms with van der Waals surface area (Å²) in [6, 6.07) is 4.35. The summed E-state index contributed by atoms with van der Waals surface area (Å²) < 4.78 is 13.3. The molecule has 0 radical (unpaired) electrons. The van der Waals surface area contributed by atoms with Gasteiger partial charge < -0.3 is 10.6 Å². The maximum atomic E-state index is 13.3. The van der Waals surface area contributed by atoms with Crippen molar-refractivity contribution in [3.05, 3.63) is 23.9 Å². The fourth-order valence-corrected chi connectivity index (χ4v) is 1.95. The normalized spacial score (nSPS) is 23.4. The van der Waals surface area contributed by atoms with E-state index in [4.69, 9.17) is 11.0 Å². The van der Waals surface area contributed by atoms with Gasteiger partial charge in [-0.05, 0) is 12.1 Å². The molecule has 2 heterocycles. The Morgan fingerprint density at radius 3 is 3.12 bits per heavy atom. The first-order chi connectivity index (χ1) is 8.11. The molecule has 2 rings (SSSR count). The summed E-state index contributed by atoms with van der Waals surface area (Å²) in [6.45, 7) is 0.0789. The summed E-state index contributed by atoms with van der Waals surface area (Å²) >= 11 is 0. The van der Waals surface area contributed by atoms with Gasteiger partial charge in [-0.2, -0.15) is 5.26 Å². The van der Waals surface area contributed by atoms with Crippen LogP contribution in [0.2, 0.25) is 0 Å². The van der Waals surface area contributed by atoms with Gasteiger partial charge in [0.25, 0.3) is 0 Å². The predicted molar refractivity (Wildman–Crippen MR) is 58.8 cm³/mol. The van der Waals surface area contributed by atoms with Crippen molar-refractivity contribution in [3.63, 3.8) is 0 Å². The second-order valence-electron chi connectivity index (χ2n) is 3.92. The lowest BCUT2D eigenvalue weighted by Gasteiger charge is -2.22. The van der Waals surface area contributed by atoms with Gasteiger partial charge in [-0.25, -0.2) is 9.37 Å². The first-order valence-corrected chi connectivity index (χ1v) is 5.18. The van der Waals surface area contributed by atoms with Crippen LogP contribution in [-0.4, -0.2) is 29.6 Å². The molecular formula is C11H11FN4O. The quantitative estimate of drug-likeness (QED) is 0.800. The number of primary amides is 1. The zero-order valence-electron chi connectivity index (χ0n) is 9.01. The van der Waals surface area contributed by atoms with E-state index in [1.165, 1.54) is 17.2 Å². The summed E-state index contributed by atoms with van der Waals surface area (Å²) in [5.41, 5.74) is 5.64. The number of carbonyl (C=O) groups is 1. The Labute approximate surface area is 97.7 Å². The lowest BCUT2D eigenvalue weighted by atomic mass is 10.2. The number of carbonyl (C=O) groups excluding carboxylic acids is 1. The molecule has 0 spiro atoms. The Bertz CT molecular complexity index is 485. The summed E-state index contributed by atoms with van der Waals surface area (Å²) in [6.07, 6.45) is 0.436. The monoisotopic (exact) mass is 234 g/mol. The molecule has 1 aliphatic heterocycles. The van der Waals surface area contributed by atoms with Crippen molar-refractivity contribution in [1.82, 2.24) is 4.98 Å². The molecule has 0 saturated carbocycles. The van der Waals surface area contributed by atoms with Crippen LogP contribution in [-0.2, 0) is 4.79 Å². The molecule has 1 aromatic rings. The van der Waals surface area contributed by atoms with Gasteiger partial charge in [0.2, 0.25) is 5.91 Å². The van der Waals surface area contributed by atoms with Crippen LogP contribution in [0, 0.1) is 11.3 Å². The molecule has 0 aliphatic carbocycles. The minimum atomic E-state index is -1.10. The molecule has 17 heavy (non-hydrogen) atoms. The Morgan fingerprint density at radius 2 is 2.47 bits per heavy atom. The zero-order chi connectivity index (χ0) is 12.4. The number of rotatable bonds is 2. The van der Waals surface area contributed by atoms with Crippen LogP contribution < -0.4 is 10.6 Å². The van der Waals surface area contributed by atoms with Gasteiger partial charge >= 0.3 is 0 Å². The van der Waals surface area contributed by atoms with Crippen LogP contribution >= 0.6 is 0 Å². The fraction of sp³-hybridized carbons (Fsp3) is 0.364.